The number of fused-ring (bicyclic) bond motifs is 1. The molecule has 0 saturated carbocycles. The van der Waals surface area contributed by atoms with Crippen LogP contribution in [0.1, 0.15) is 18.9 Å². The van der Waals surface area contributed by atoms with Gasteiger partial charge in [0.1, 0.15) is 15.4 Å². The minimum atomic E-state index is -1.18. The number of rotatable bonds is 2. The lowest BCUT2D eigenvalue weighted by molar-refractivity contribution is -0.126. The highest BCUT2D eigenvalue weighted by Crippen LogP contribution is 2.30. The van der Waals surface area contributed by atoms with Crippen molar-refractivity contribution in [2.75, 3.05) is 6.54 Å². The van der Waals surface area contributed by atoms with E-state index in [4.69, 9.17) is 0 Å². The van der Waals surface area contributed by atoms with E-state index in [0.717, 1.165) is 4.57 Å². The van der Waals surface area contributed by atoms with Crippen LogP contribution >= 0.6 is 11.3 Å². The number of amides is 1. The maximum absolute atomic E-state index is 13.0. The van der Waals surface area contributed by atoms with Gasteiger partial charge in [0.25, 0.3) is 5.56 Å². The third kappa shape index (κ3) is 1.83. The largest absolute Gasteiger partial charge is 0.354 e. The lowest BCUT2D eigenvalue weighted by atomic mass is 10.00. The summed E-state index contributed by atoms with van der Waals surface area (Å²) in [6.45, 7) is 3.82. The molecule has 124 valence electrons. The molecule has 0 unspecified atom stereocenters. The summed E-state index contributed by atoms with van der Waals surface area (Å²) < 4.78 is 1.03. The van der Waals surface area contributed by atoms with E-state index in [1.54, 1.807) is 13.8 Å². The first-order chi connectivity index (χ1) is 11.4. The molecule has 1 aliphatic heterocycles. The Labute approximate surface area is 138 Å². The molecule has 4 rings (SSSR count). The Kier molecular flexibility index (Phi) is 3.01. The van der Waals surface area contributed by atoms with Gasteiger partial charge in [-0.25, -0.2) is 9.36 Å². The minimum Gasteiger partial charge on any atom is -0.354 e. The number of carbonyl (C=O) groups is 1. The molecule has 0 aliphatic carbocycles. The van der Waals surface area contributed by atoms with Crippen LogP contribution in [0.5, 0.6) is 0 Å². The van der Waals surface area contributed by atoms with Crippen molar-refractivity contribution < 1.29 is 4.79 Å². The fourth-order valence-corrected chi connectivity index (χ4v) is 4.21. The van der Waals surface area contributed by atoms with Gasteiger partial charge in [0.2, 0.25) is 5.91 Å². The maximum Gasteiger partial charge on any atom is 0.330 e. The molecule has 0 spiro atoms. The zero-order valence-corrected chi connectivity index (χ0v) is 13.8. The van der Waals surface area contributed by atoms with Gasteiger partial charge in [-0.1, -0.05) is 11.3 Å². The zero-order valence-electron chi connectivity index (χ0n) is 13.0. The molecule has 4 heterocycles. The van der Waals surface area contributed by atoms with E-state index in [9.17, 15) is 14.4 Å². The van der Waals surface area contributed by atoms with Crippen LogP contribution in [0.15, 0.2) is 22.0 Å². The molecule has 2 N–H and O–H groups in total. The average molecular weight is 346 g/mol. The van der Waals surface area contributed by atoms with Gasteiger partial charge in [-0.2, -0.15) is 10.2 Å². The van der Waals surface area contributed by atoms with Gasteiger partial charge in [-0.3, -0.25) is 14.6 Å². The van der Waals surface area contributed by atoms with Gasteiger partial charge in [0, 0.05) is 12.1 Å². The summed E-state index contributed by atoms with van der Waals surface area (Å²) >= 11 is 1.23. The van der Waals surface area contributed by atoms with Crippen molar-refractivity contribution in [3.63, 3.8) is 0 Å². The average Bonchev–Trinajstić information content (AvgIpc) is 3.21. The molecular weight excluding hydrogens is 332 g/mol. The van der Waals surface area contributed by atoms with E-state index in [1.807, 2.05) is 0 Å². The normalized spacial score (nSPS) is 20.7. The van der Waals surface area contributed by atoms with E-state index in [0.29, 0.717) is 33.7 Å². The number of nitrogens with zero attached hydrogens (tertiary/aromatic N) is 4. The number of aryl methyl sites for hydroxylation is 1. The summed E-state index contributed by atoms with van der Waals surface area (Å²) in [5.74, 6) is -0.323. The Bertz CT molecular complexity index is 1080. The second-order valence-corrected chi connectivity index (χ2v) is 6.90. The van der Waals surface area contributed by atoms with Crippen LogP contribution < -0.4 is 16.6 Å². The topological polar surface area (TPSA) is 115 Å². The lowest BCUT2D eigenvalue weighted by Gasteiger charge is -2.22. The fraction of sp³-hybridized carbons (Fsp3) is 0.357. The van der Waals surface area contributed by atoms with Crippen molar-refractivity contribution in [3.05, 3.63) is 38.8 Å². The van der Waals surface area contributed by atoms with E-state index in [1.165, 1.54) is 28.5 Å². The van der Waals surface area contributed by atoms with Crippen LogP contribution in [-0.4, -0.2) is 37.0 Å². The quantitative estimate of drug-likeness (QED) is 0.671. The van der Waals surface area contributed by atoms with E-state index in [-0.39, 0.29) is 5.91 Å². The van der Waals surface area contributed by atoms with Crippen molar-refractivity contribution in [3.8, 4) is 5.00 Å². The molecule has 1 atom stereocenters. The van der Waals surface area contributed by atoms with E-state index >= 15 is 0 Å². The number of nitrogens with one attached hydrogen (secondary N) is 2. The van der Waals surface area contributed by atoms with Crippen LogP contribution in [0.3, 0.4) is 0 Å². The molecule has 0 radical (unpaired) electrons. The molecule has 24 heavy (non-hydrogen) atoms. The standard InChI is InChI=1S/C14H14N6O3S/c1-7-8-9(24-11(7)20-16-5-6-17-20)18-13(23)19(10(8)21)14(2)3-4-15-12(14)22/h5-6H,3-4H2,1-2H3,(H,15,22)(H,18,23)/t14-/m1/s1. The molecule has 9 nitrogen and oxygen atoms in total. The minimum absolute atomic E-state index is 0.323. The van der Waals surface area contributed by atoms with Crippen molar-refractivity contribution >= 4 is 27.5 Å². The zero-order chi connectivity index (χ0) is 17.1. The molecule has 0 bridgehead atoms. The SMILES string of the molecule is Cc1c(-n2nccn2)sc2[nH]c(=O)n([C@]3(C)CCNC3=O)c(=O)c12. The number of aromatic nitrogens is 5. The van der Waals surface area contributed by atoms with Crippen molar-refractivity contribution in [1.82, 2.24) is 29.9 Å². The predicted molar refractivity (Wildman–Crippen MR) is 87.6 cm³/mol. The van der Waals surface area contributed by atoms with Crippen LogP contribution in [0.25, 0.3) is 15.2 Å². The van der Waals surface area contributed by atoms with Gasteiger partial charge in [0.05, 0.1) is 17.8 Å². The Balaban J connectivity index is 2.05. The number of aromatic amines is 1. The second-order valence-electron chi connectivity index (χ2n) is 5.91. The number of hydrogen-bond donors (Lipinski definition) is 2. The first-order valence-corrected chi connectivity index (χ1v) is 8.19. The molecular formula is C14H14N6O3S. The number of H-pyrrole nitrogens is 1. The van der Waals surface area contributed by atoms with Gasteiger partial charge in [0.15, 0.2) is 0 Å². The number of carbonyl (C=O) groups excluding carboxylic acids is 1. The molecule has 3 aromatic rings. The van der Waals surface area contributed by atoms with Crippen LogP contribution in [0, 0.1) is 6.92 Å². The third-order valence-corrected chi connectivity index (χ3v) is 5.62. The monoisotopic (exact) mass is 346 g/mol. The van der Waals surface area contributed by atoms with Crippen molar-refractivity contribution in [2.24, 2.45) is 0 Å². The molecule has 0 aromatic carbocycles. The van der Waals surface area contributed by atoms with Gasteiger partial charge in [-0.05, 0) is 20.3 Å². The summed E-state index contributed by atoms with van der Waals surface area (Å²) in [6.07, 6.45) is 3.46. The van der Waals surface area contributed by atoms with Gasteiger partial charge in [-0.15, -0.1) is 4.80 Å². The summed E-state index contributed by atoms with van der Waals surface area (Å²) in [6, 6.07) is 0. The Morgan fingerprint density at radius 2 is 1.96 bits per heavy atom. The number of thiophene rings is 1. The lowest BCUT2D eigenvalue weighted by Crippen LogP contribution is -2.51. The van der Waals surface area contributed by atoms with Crippen molar-refractivity contribution in [2.45, 2.75) is 25.8 Å². The van der Waals surface area contributed by atoms with Crippen LogP contribution in [0.2, 0.25) is 0 Å². The predicted octanol–water partition coefficient (Wildman–Crippen LogP) is -0.124. The molecule has 3 aromatic heterocycles. The van der Waals surface area contributed by atoms with E-state index < -0.39 is 16.8 Å². The fourth-order valence-electron chi connectivity index (χ4n) is 3.10. The third-order valence-electron chi connectivity index (χ3n) is 4.44. The highest BCUT2D eigenvalue weighted by Gasteiger charge is 2.42. The smallest absolute Gasteiger partial charge is 0.330 e. The van der Waals surface area contributed by atoms with Crippen LogP contribution in [0.4, 0.5) is 0 Å². The Morgan fingerprint density at radius 3 is 2.58 bits per heavy atom. The second kappa shape index (κ2) is 4.87. The first-order valence-electron chi connectivity index (χ1n) is 7.37. The first kappa shape index (κ1) is 14.8. The highest BCUT2D eigenvalue weighted by molar-refractivity contribution is 7.21. The number of hydrogen-bond acceptors (Lipinski definition) is 6. The Morgan fingerprint density at radius 1 is 1.25 bits per heavy atom. The molecule has 1 fully saturated rings. The molecule has 10 heteroatoms. The summed E-state index contributed by atoms with van der Waals surface area (Å²) in [7, 11) is 0. The molecule has 1 aliphatic rings. The Hall–Kier alpha value is -2.75. The molecule has 1 saturated heterocycles. The van der Waals surface area contributed by atoms with E-state index in [2.05, 4.69) is 20.5 Å². The van der Waals surface area contributed by atoms with Crippen LogP contribution in [-0.2, 0) is 10.3 Å². The summed E-state index contributed by atoms with van der Waals surface area (Å²) in [5.41, 5.74) is -1.57. The van der Waals surface area contributed by atoms with Crippen molar-refractivity contribution in [1.29, 1.82) is 0 Å². The summed E-state index contributed by atoms with van der Waals surface area (Å²) in [5, 5.41) is 11.9. The summed E-state index contributed by atoms with van der Waals surface area (Å²) in [4.78, 5) is 42.3. The maximum atomic E-state index is 13.0. The van der Waals surface area contributed by atoms with Gasteiger partial charge >= 0.3 is 5.69 Å². The molecule has 1 amide bonds. The highest BCUT2D eigenvalue weighted by atomic mass is 32.1. The van der Waals surface area contributed by atoms with Gasteiger partial charge < -0.3 is 5.32 Å².